The van der Waals surface area contributed by atoms with Crippen LogP contribution in [0.4, 0.5) is 0 Å². The van der Waals surface area contributed by atoms with Crippen LogP contribution in [-0.2, 0) is 16.8 Å². The second-order valence-corrected chi connectivity index (χ2v) is 8.22. The lowest BCUT2D eigenvalue weighted by molar-refractivity contribution is -0.138. The number of Topliss-reactive ketones (excluding diaryl/α,β-unsaturated/α-hetero) is 1. The van der Waals surface area contributed by atoms with E-state index in [2.05, 4.69) is 5.10 Å². The first-order chi connectivity index (χ1) is 14.5. The molecule has 6 nitrogen and oxygen atoms in total. The van der Waals surface area contributed by atoms with Crippen molar-refractivity contribution in [3.05, 3.63) is 70.8 Å². The predicted molar refractivity (Wildman–Crippen MR) is 116 cm³/mol. The van der Waals surface area contributed by atoms with Gasteiger partial charge in [-0.3, -0.25) is 14.6 Å². The predicted octanol–water partition coefficient (Wildman–Crippen LogP) is 3.19. The molecule has 1 aliphatic heterocycles. The zero-order valence-electron chi connectivity index (χ0n) is 17.0. The highest BCUT2D eigenvalue weighted by Gasteiger charge is 2.47. The van der Waals surface area contributed by atoms with E-state index in [9.17, 15) is 14.7 Å². The number of aliphatic carboxylic acids is 1. The number of aryl methyl sites for hydroxylation is 1. The van der Waals surface area contributed by atoms with Crippen molar-refractivity contribution in [1.29, 1.82) is 0 Å². The van der Waals surface area contributed by atoms with Gasteiger partial charge in [0.25, 0.3) is 0 Å². The van der Waals surface area contributed by atoms with Crippen LogP contribution < -0.4 is 5.73 Å². The molecule has 0 bridgehead atoms. The van der Waals surface area contributed by atoms with Gasteiger partial charge in [-0.25, -0.2) is 0 Å². The highest BCUT2D eigenvalue weighted by molar-refractivity contribution is 6.05. The van der Waals surface area contributed by atoms with Crippen molar-refractivity contribution in [1.82, 2.24) is 5.01 Å². The topological polar surface area (TPSA) is 96.0 Å². The highest BCUT2D eigenvalue weighted by atomic mass is 16.4. The number of carbonyl (C=O) groups excluding carboxylic acids is 1. The third-order valence-electron chi connectivity index (χ3n) is 6.29. The van der Waals surface area contributed by atoms with Crippen LogP contribution in [0.3, 0.4) is 0 Å². The maximum atomic E-state index is 13.6. The van der Waals surface area contributed by atoms with E-state index >= 15 is 0 Å². The number of hydrogen-bond acceptors (Lipinski definition) is 5. The molecule has 6 heteroatoms. The molecule has 2 aromatic carbocycles. The Bertz CT molecular complexity index is 964. The number of carbonyl (C=O) groups is 2. The van der Waals surface area contributed by atoms with Crippen molar-refractivity contribution in [2.24, 2.45) is 16.8 Å². The van der Waals surface area contributed by atoms with E-state index in [0.717, 1.165) is 36.2 Å². The van der Waals surface area contributed by atoms with E-state index < -0.39 is 17.4 Å². The van der Waals surface area contributed by atoms with Gasteiger partial charge in [-0.1, -0.05) is 48.5 Å². The lowest BCUT2D eigenvalue weighted by atomic mass is 9.65. The molecule has 0 amide bonds. The lowest BCUT2D eigenvalue weighted by Gasteiger charge is -2.41. The van der Waals surface area contributed by atoms with Crippen molar-refractivity contribution >= 4 is 18.0 Å². The third-order valence-corrected chi connectivity index (χ3v) is 6.29. The van der Waals surface area contributed by atoms with E-state index in [1.807, 2.05) is 41.4 Å². The normalized spacial score (nSPS) is 23.5. The summed E-state index contributed by atoms with van der Waals surface area (Å²) in [6.45, 7) is 1.96. The van der Waals surface area contributed by atoms with Crippen molar-refractivity contribution in [3.63, 3.8) is 0 Å². The summed E-state index contributed by atoms with van der Waals surface area (Å²) in [5, 5.41) is 15.9. The maximum absolute atomic E-state index is 13.6. The average molecular weight is 405 g/mol. The van der Waals surface area contributed by atoms with Crippen LogP contribution in [-0.4, -0.2) is 41.2 Å². The van der Waals surface area contributed by atoms with Gasteiger partial charge < -0.3 is 10.8 Å². The van der Waals surface area contributed by atoms with Crippen LogP contribution in [0, 0.1) is 5.92 Å². The number of hydrazone groups is 1. The van der Waals surface area contributed by atoms with Crippen LogP contribution >= 0.6 is 0 Å². The zero-order valence-corrected chi connectivity index (χ0v) is 17.0. The number of benzene rings is 2. The van der Waals surface area contributed by atoms with Crippen LogP contribution in [0.25, 0.3) is 0 Å². The van der Waals surface area contributed by atoms with E-state index in [4.69, 9.17) is 5.73 Å². The standard InChI is InChI=1S/C24H27N3O3/c25-24(20(15-22(28)29)12-11-18-5-1-2-6-21(18)24)23(30)19-9-7-17(8-10-19)16-26-27-13-3-4-14-27/h1-2,5-10,16,20H,3-4,11-15,25H2,(H,28,29). The summed E-state index contributed by atoms with van der Waals surface area (Å²) in [4.78, 5) is 25.1. The molecular formula is C24H27N3O3. The molecule has 0 spiro atoms. The minimum atomic E-state index is -1.35. The number of hydrogen-bond donors (Lipinski definition) is 2. The quantitative estimate of drug-likeness (QED) is 0.568. The van der Waals surface area contributed by atoms with E-state index in [1.54, 1.807) is 18.3 Å². The first-order valence-electron chi connectivity index (χ1n) is 10.5. The van der Waals surface area contributed by atoms with Gasteiger partial charge in [0.1, 0.15) is 5.54 Å². The molecule has 2 aromatic rings. The fraction of sp³-hybridized carbons (Fsp3) is 0.375. The second kappa shape index (κ2) is 8.40. The minimum Gasteiger partial charge on any atom is -0.481 e. The SMILES string of the molecule is NC1(C(=O)c2ccc(C=NN3CCCC3)cc2)c2ccccc2CCC1CC(=O)O. The molecule has 2 unspecified atom stereocenters. The molecular weight excluding hydrogens is 378 g/mol. The molecule has 0 radical (unpaired) electrons. The summed E-state index contributed by atoms with van der Waals surface area (Å²) >= 11 is 0. The largest absolute Gasteiger partial charge is 0.481 e. The smallest absolute Gasteiger partial charge is 0.303 e. The van der Waals surface area contributed by atoms with Crippen molar-refractivity contribution in [2.45, 2.75) is 37.6 Å². The Morgan fingerprint density at radius 1 is 1.13 bits per heavy atom. The first-order valence-corrected chi connectivity index (χ1v) is 10.5. The lowest BCUT2D eigenvalue weighted by Crippen LogP contribution is -2.54. The zero-order chi connectivity index (χ0) is 21.1. The summed E-state index contributed by atoms with van der Waals surface area (Å²) in [7, 11) is 0. The first kappa shape index (κ1) is 20.3. The number of carboxylic acids is 1. The van der Waals surface area contributed by atoms with Gasteiger partial charge in [0.05, 0.1) is 12.6 Å². The molecule has 0 aromatic heterocycles. The number of nitrogens with zero attached hydrogens (tertiary/aromatic N) is 2. The molecule has 1 heterocycles. The molecule has 4 rings (SSSR count). The molecule has 3 N–H and O–H groups in total. The van der Waals surface area contributed by atoms with E-state index in [-0.39, 0.29) is 12.2 Å². The number of fused-ring (bicyclic) bond motifs is 1. The molecule has 2 aliphatic rings. The summed E-state index contributed by atoms with van der Waals surface area (Å²) in [6.07, 6.45) is 5.32. The molecule has 1 fully saturated rings. The minimum absolute atomic E-state index is 0.128. The summed E-state index contributed by atoms with van der Waals surface area (Å²) in [5.74, 6) is -1.62. The monoisotopic (exact) mass is 405 g/mol. The van der Waals surface area contributed by atoms with Crippen molar-refractivity contribution in [3.8, 4) is 0 Å². The third kappa shape index (κ3) is 3.87. The Labute approximate surface area is 176 Å². The second-order valence-electron chi connectivity index (χ2n) is 8.22. The Kier molecular flexibility index (Phi) is 5.68. The number of carboxylic acid groups (broad SMARTS) is 1. The van der Waals surface area contributed by atoms with Gasteiger partial charge in [0, 0.05) is 18.7 Å². The van der Waals surface area contributed by atoms with Crippen LogP contribution in [0.2, 0.25) is 0 Å². The number of nitrogens with two attached hydrogens (primary N) is 1. The van der Waals surface area contributed by atoms with Gasteiger partial charge in [-0.05, 0) is 48.3 Å². The van der Waals surface area contributed by atoms with Gasteiger partial charge in [0.2, 0.25) is 0 Å². The molecule has 0 saturated carbocycles. The van der Waals surface area contributed by atoms with E-state index in [1.165, 1.54) is 12.8 Å². The molecule has 156 valence electrons. The summed E-state index contributed by atoms with van der Waals surface area (Å²) < 4.78 is 0. The van der Waals surface area contributed by atoms with Crippen molar-refractivity contribution in [2.75, 3.05) is 13.1 Å². The van der Waals surface area contributed by atoms with Gasteiger partial charge in [-0.2, -0.15) is 5.10 Å². The molecule has 2 atom stereocenters. The van der Waals surface area contributed by atoms with Gasteiger partial charge >= 0.3 is 5.97 Å². The van der Waals surface area contributed by atoms with Gasteiger partial charge in [-0.15, -0.1) is 0 Å². The summed E-state index contributed by atoms with van der Waals surface area (Å²) in [6, 6.07) is 14.9. The molecule has 1 aliphatic carbocycles. The van der Waals surface area contributed by atoms with Gasteiger partial charge in [0.15, 0.2) is 5.78 Å². The highest BCUT2D eigenvalue weighted by Crippen LogP contribution is 2.41. The Hall–Kier alpha value is -2.99. The van der Waals surface area contributed by atoms with Crippen LogP contribution in [0.5, 0.6) is 0 Å². The Balaban J connectivity index is 1.63. The Morgan fingerprint density at radius 2 is 1.83 bits per heavy atom. The molecule has 30 heavy (non-hydrogen) atoms. The van der Waals surface area contributed by atoms with E-state index in [0.29, 0.717) is 12.0 Å². The fourth-order valence-corrected chi connectivity index (χ4v) is 4.62. The number of ketones is 1. The van der Waals surface area contributed by atoms with Crippen molar-refractivity contribution < 1.29 is 14.7 Å². The number of rotatable bonds is 6. The Morgan fingerprint density at radius 3 is 2.53 bits per heavy atom. The maximum Gasteiger partial charge on any atom is 0.303 e. The fourth-order valence-electron chi connectivity index (χ4n) is 4.62. The van der Waals surface area contributed by atoms with Crippen LogP contribution in [0.1, 0.15) is 52.7 Å². The molecule has 1 saturated heterocycles. The average Bonchev–Trinajstić information content (AvgIpc) is 3.28. The van der Waals surface area contributed by atoms with Crippen LogP contribution in [0.15, 0.2) is 53.6 Å². The summed E-state index contributed by atoms with van der Waals surface area (Å²) in [5.41, 5.74) is 8.59.